The van der Waals surface area contributed by atoms with Crippen LogP contribution in [0.5, 0.6) is 0 Å². The average Bonchev–Trinajstić information content (AvgIpc) is 3.04. The lowest BCUT2D eigenvalue weighted by Crippen LogP contribution is -2.07. The monoisotopic (exact) mass is 420 g/mol. The van der Waals surface area contributed by atoms with Gasteiger partial charge in [0.15, 0.2) is 0 Å². The summed E-state index contributed by atoms with van der Waals surface area (Å²) in [6, 6.07) is 4.24. The number of hydrogen-bond acceptors (Lipinski definition) is 3. The number of benzene rings is 1. The van der Waals surface area contributed by atoms with E-state index in [2.05, 4.69) is 19.9 Å². The molecule has 3 aromatic heterocycles. The predicted molar refractivity (Wildman–Crippen MR) is 100 cm³/mol. The van der Waals surface area contributed by atoms with E-state index >= 15 is 0 Å². The molecule has 0 amide bonds. The Labute approximate surface area is 167 Å². The van der Waals surface area contributed by atoms with Gasteiger partial charge in [-0.2, -0.15) is 13.2 Å². The molecule has 148 valence electrons. The van der Waals surface area contributed by atoms with E-state index in [9.17, 15) is 17.6 Å². The van der Waals surface area contributed by atoms with Crippen molar-refractivity contribution in [3.63, 3.8) is 0 Å². The molecule has 3 heterocycles. The molecule has 4 aromatic rings. The van der Waals surface area contributed by atoms with Crippen molar-refractivity contribution in [2.24, 2.45) is 0 Å². The molecular formula is C20H13ClF4N4. The van der Waals surface area contributed by atoms with Crippen LogP contribution in [-0.4, -0.2) is 19.9 Å². The summed E-state index contributed by atoms with van der Waals surface area (Å²) < 4.78 is 52.1. The van der Waals surface area contributed by atoms with E-state index in [1.54, 1.807) is 18.6 Å². The fraction of sp³-hybridized carbons (Fsp3) is 0.150. The van der Waals surface area contributed by atoms with Gasteiger partial charge in [-0.15, -0.1) is 0 Å². The SMILES string of the molecule is Fc1cc(Cc2ncc(Cc3c[nH]c4ncc(Cl)cc34)cn2)cc(C(F)(F)F)c1. The molecule has 9 heteroatoms. The predicted octanol–water partition coefficient (Wildman–Crippen LogP) is 5.35. The highest BCUT2D eigenvalue weighted by atomic mass is 35.5. The third-order valence-corrected chi connectivity index (χ3v) is 4.59. The van der Waals surface area contributed by atoms with Crippen molar-refractivity contribution in [3.05, 3.63) is 88.0 Å². The molecule has 0 atom stereocenters. The number of hydrogen-bond donors (Lipinski definition) is 1. The normalized spacial score (nSPS) is 11.9. The van der Waals surface area contributed by atoms with Gasteiger partial charge in [-0.1, -0.05) is 11.6 Å². The molecule has 0 unspecified atom stereocenters. The molecule has 1 aromatic carbocycles. The zero-order valence-corrected chi connectivity index (χ0v) is 15.5. The number of pyridine rings is 1. The number of nitrogens with one attached hydrogen (secondary N) is 1. The van der Waals surface area contributed by atoms with Crippen molar-refractivity contribution >= 4 is 22.6 Å². The largest absolute Gasteiger partial charge is 0.416 e. The summed E-state index contributed by atoms with van der Waals surface area (Å²) in [5, 5.41) is 1.42. The minimum absolute atomic E-state index is 0.00622. The number of halogens is 5. The van der Waals surface area contributed by atoms with Crippen LogP contribution in [0.2, 0.25) is 5.02 Å². The van der Waals surface area contributed by atoms with Crippen molar-refractivity contribution < 1.29 is 17.6 Å². The highest BCUT2D eigenvalue weighted by Gasteiger charge is 2.31. The molecule has 0 saturated heterocycles. The maximum absolute atomic E-state index is 13.5. The van der Waals surface area contributed by atoms with Gasteiger partial charge in [0.2, 0.25) is 0 Å². The molecule has 0 radical (unpaired) electrons. The van der Waals surface area contributed by atoms with Crippen LogP contribution in [0.1, 0.15) is 28.1 Å². The quantitative estimate of drug-likeness (QED) is 0.453. The van der Waals surface area contributed by atoms with Crippen LogP contribution in [0.3, 0.4) is 0 Å². The molecule has 0 aliphatic rings. The van der Waals surface area contributed by atoms with Crippen LogP contribution in [-0.2, 0) is 19.0 Å². The molecule has 0 aliphatic carbocycles. The lowest BCUT2D eigenvalue weighted by molar-refractivity contribution is -0.137. The number of fused-ring (bicyclic) bond motifs is 1. The summed E-state index contributed by atoms with van der Waals surface area (Å²) in [4.78, 5) is 15.7. The van der Waals surface area contributed by atoms with E-state index in [1.807, 2.05) is 12.3 Å². The van der Waals surface area contributed by atoms with Crippen LogP contribution >= 0.6 is 11.6 Å². The van der Waals surface area contributed by atoms with Crippen LogP contribution in [0.15, 0.2) is 49.1 Å². The van der Waals surface area contributed by atoms with Gasteiger partial charge in [-0.05, 0) is 41.0 Å². The average molecular weight is 421 g/mol. The van der Waals surface area contributed by atoms with Crippen molar-refractivity contribution in [3.8, 4) is 0 Å². The van der Waals surface area contributed by atoms with Gasteiger partial charge in [-0.25, -0.2) is 19.3 Å². The van der Waals surface area contributed by atoms with Gasteiger partial charge in [0.1, 0.15) is 17.3 Å². The van der Waals surface area contributed by atoms with Crippen LogP contribution in [0, 0.1) is 5.82 Å². The summed E-state index contributed by atoms with van der Waals surface area (Å²) in [6.45, 7) is 0. The first-order valence-corrected chi connectivity index (χ1v) is 8.94. The van der Waals surface area contributed by atoms with Gasteiger partial charge in [0, 0.05) is 43.0 Å². The van der Waals surface area contributed by atoms with Crippen LogP contribution < -0.4 is 0 Å². The Bertz CT molecular complexity index is 1170. The van der Waals surface area contributed by atoms with Gasteiger partial charge in [-0.3, -0.25) is 0 Å². The Hall–Kier alpha value is -3.00. The summed E-state index contributed by atoms with van der Waals surface area (Å²) in [5.41, 5.74) is 1.61. The number of aromatic nitrogens is 4. The van der Waals surface area contributed by atoms with Gasteiger partial charge in [0.25, 0.3) is 0 Å². The third kappa shape index (κ3) is 4.37. The Kier molecular flexibility index (Phi) is 4.96. The van der Waals surface area contributed by atoms with E-state index in [4.69, 9.17) is 11.6 Å². The van der Waals surface area contributed by atoms with Crippen molar-refractivity contribution in [2.45, 2.75) is 19.0 Å². The first-order chi connectivity index (χ1) is 13.8. The fourth-order valence-corrected chi connectivity index (χ4v) is 3.22. The number of aromatic amines is 1. The van der Waals surface area contributed by atoms with Crippen LogP contribution in [0.25, 0.3) is 11.0 Å². The fourth-order valence-electron chi connectivity index (χ4n) is 3.06. The second kappa shape index (κ2) is 7.44. The minimum Gasteiger partial charge on any atom is -0.346 e. The Morgan fingerprint density at radius 2 is 1.66 bits per heavy atom. The van der Waals surface area contributed by atoms with E-state index < -0.39 is 17.6 Å². The minimum atomic E-state index is -4.61. The molecule has 4 nitrogen and oxygen atoms in total. The molecule has 0 aliphatic heterocycles. The molecule has 0 saturated carbocycles. The Morgan fingerprint density at radius 3 is 2.38 bits per heavy atom. The van der Waals surface area contributed by atoms with Crippen molar-refractivity contribution in [1.82, 2.24) is 19.9 Å². The maximum atomic E-state index is 13.5. The number of alkyl halides is 3. The molecular weight excluding hydrogens is 408 g/mol. The standard InChI is InChI=1S/C20H13ClF4N4/c21-15-6-17-13(9-28-19(17)29-10-15)1-12-7-26-18(27-8-12)4-11-2-14(20(23,24)25)5-16(22)3-11/h2-3,5-10H,1,4H2,(H,28,29). The summed E-state index contributed by atoms with van der Waals surface area (Å²) >= 11 is 6.00. The smallest absolute Gasteiger partial charge is 0.346 e. The first kappa shape index (κ1) is 19.3. The third-order valence-electron chi connectivity index (χ3n) is 4.38. The van der Waals surface area contributed by atoms with E-state index in [1.165, 1.54) is 0 Å². The summed E-state index contributed by atoms with van der Waals surface area (Å²) in [5.74, 6) is -0.644. The second-order valence-corrected chi connectivity index (χ2v) is 7.01. The number of nitrogens with zero attached hydrogens (tertiary/aromatic N) is 3. The number of rotatable bonds is 4. The lowest BCUT2D eigenvalue weighted by atomic mass is 10.1. The Morgan fingerprint density at radius 1 is 0.897 bits per heavy atom. The lowest BCUT2D eigenvalue weighted by Gasteiger charge is -2.09. The van der Waals surface area contributed by atoms with Crippen molar-refractivity contribution in [2.75, 3.05) is 0 Å². The molecule has 1 N–H and O–H groups in total. The summed E-state index contributed by atoms with van der Waals surface area (Å²) in [7, 11) is 0. The molecule has 0 fully saturated rings. The van der Waals surface area contributed by atoms with Crippen LogP contribution in [0.4, 0.5) is 17.6 Å². The topological polar surface area (TPSA) is 54.5 Å². The van der Waals surface area contributed by atoms with Gasteiger partial charge >= 0.3 is 6.18 Å². The zero-order valence-electron chi connectivity index (χ0n) is 14.8. The van der Waals surface area contributed by atoms with E-state index in [0.717, 1.165) is 28.6 Å². The zero-order chi connectivity index (χ0) is 20.6. The van der Waals surface area contributed by atoms with Gasteiger partial charge in [0.05, 0.1) is 10.6 Å². The van der Waals surface area contributed by atoms with Crippen molar-refractivity contribution in [1.29, 1.82) is 0 Å². The molecule has 0 bridgehead atoms. The highest BCUT2D eigenvalue weighted by molar-refractivity contribution is 6.31. The second-order valence-electron chi connectivity index (χ2n) is 6.57. The molecule has 0 spiro atoms. The highest BCUT2D eigenvalue weighted by Crippen LogP contribution is 2.30. The van der Waals surface area contributed by atoms with E-state index in [0.29, 0.717) is 29.0 Å². The summed E-state index contributed by atoms with van der Waals surface area (Å²) in [6.07, 6.45) is 2.49. The first-order valence-electron chi connectivity index (χ1n) is 8.56. The van der Waals surface area contributed by atoms with Gasteiger partial charge < -0.3 is 4.98 Å². The maximum Gasteiger partial charge on any atom is 0.416 e. The van der Waals surface area contributed by atoms with E-state index in [-0.39, 0.29) is 12.0 Å². The Balaban J connectivity index is 1.52. The number of H-pyrrole nitrogens is 1. The molecule has 4 rings (SSSR count). The molecule has 29 heavy (non-hydrogen) atoms.